The standard InChI is InChI=1S/C11H9BrN2O3/c1-17-11(16)9-7(12)10(15)5-3-2-4-6(13)8(5)14-9/h2-4H,13H2,1H3,(H,14,15). The van der Waals surface area contributed by atoms with Crippen LogP contribution in [-0.2, 0) is 4.74 Å². The maximum atomic E-state index is 11.5. The number of para-hydroxylation sites is 1. The largest absolute Gasteiger partial charge is 0.506 e. The number of pyridine rings is 1. The Morgan fingerprint density at radius 2 is 2.24 bits per heavy atom. The molecule has 1 aromatic heterocycles. The molecule has 6 heteroatoms. The van der Waals surface area contributed by atoms with Crippen LogP contribution < -0.4 is 5.73 Å². The molecule has 0 bridgehead atoms. The van der Waals surface area contributed by atoms with E-state index in [1.54, 1.807) is 18.2 Å². The Balaban J connectivity index is 2.85. The van der Waals surface area contributed by atoms with Crippen LogP contribution in [0, 0.1) is 0 Å². The monoisotopic (exact) mass is 296 g/mol. The molecule has 17 heavy (non-hydrogen) atoms. The molecular formula is C11H9BrN2O3. The molecule has 0 unspecified atom stereocenters. The van der Waals surface area contributed by atoms with Crippen molar-refractivity contribution in [1.82, 2.24) is 4.98 Å². The summed E-state index contributed by atoms with van der Waals surface area (Å²) in [5.41, 5.74) is 6.49. The Morgan fingerprint density at radius 1 is 1.53 bits per heavy atom. The van der Waals surface area contributed by atoms with Crippen molar-refractivity contribution in [3.8, 4) is 5.75 Å². The van der Waals surface area contributed by atoms with E-state index in [4.69, 9.17) is 5.73 Å². The molecular weight excluding hydrogens is 288 g/mol. The van der Waals surface area contributed by atoms with E-state index >= 15 is 0 Å². The molecule has 0 aliphatic rings. The number of carbonyl (C=O) groups excluding carboxylic acids is 1. The predicted octanol–water partition coefficient (Wildman–Crippen LogP) is 2.07. The van der Waals surface area contributed by atoms with Gasteiger partial charge in [0.15, 0.2) is 5.69 Å². The third-order valence-corrected chi connectivity index (χ3v) is 3.09. The van der Waals surface area contributed by atoms with Gasteiger partial charge in [0, 0.05) is 5.39 Å². The highest BCUT2D eigenvalue weighted by atomic mass is 79.9. The number of fused-ring (bicyclic) bond motifs is 1. The minimum absolute atomic E-state index is 0.00426. The number of nitrogen functional groups attached to an aromatic ring is 1. The highest BCUT2D eigenvalue weighted by Gasteiger charge is 2.19. The quantitative estimate of drug-likeness (QED) is 0.621. The average molecular weight is 297 g/mol. The van der Waals surface area contributed by atoms with Gasteiger partial charge >= 0.3 is 5.97 Å². The van der Waals surface area contributed by atoms with Gasteiger partial charge in [0.2, 0.25) is 0 Å². The third kappa shape index (κ3) is 1.80. The third-order valence-electron chi connectivity index (χ3n) is 2.34. The molecule has 5 nitrogen and oxygen atoms in total. The number of hydrogen-bond donors (Lipinski definition) is 2. The lowest BCUT2D eigenvalue weighted by Crippen LogP contribution is -2.06. The van der Waals surface area contributed by atoms with Gasteiger partial charge in [-0.1, -0.05) is 6.07 Å². The van der Waals surface area contributed by atoms with Gasteiger partial charge in [-0.2, -0.15) is 0 Å². The van der Waals surface area contributed by atoms with Crippen LogP contribution in [-0.4, -0.2) is 23.2 Å². The molecule has 0 saturated carbocycles. The van der Waals surface area contributed by atoms with Crippen molar-refractivity contribution < 1.29 is 14.6 Å². The van der Waals surface area contributed by atoms with Crippen LogP contribution in [0.5, 0.6) is 5.75 Å². The predicted molar refractivity (Wildman–Crippen MR) is 66.9 cm³/mol. The number of halogens is 1. The topological polar surface area (TPSA) is 85.4 Å². The van der Waals surface area contributed by atoms with Crippen LogP contribution in [0.3, 0.4) is 0 Å². The van der Waals surface area contributed by atoms with Crippen molar-refractivity contribution in [2.45, 2.75) is 0 Å². The molecule has 1 heterocycles. The lowest BCUT2D eigenvalue weighted by molar-refractivity contribution is 0.0593. The van der Waals surface area contributed by atoms with Crippen molar-refractivity contribution in [2.75, 3.05) is 12.8 Å². The summed E-state index contributed by atoms with van der Waals surface area (Å²) >= 11 is 3.11. The van der Waals surface area contributed by atoms with E-state index in [1.807, 2.05) is 0 Å². The van der Waals surface area contributed by atoms with Crippen LogP contribution in [0.2, 0.25) is 0 Å². The molecule has 0 aliphatic heterocycles. The van der Waals surface area contributed by atoms with E-state index in [0.29, 0.717) is 16.6 Å². The summed E-state index contributed by atoms with van der Waals surface area (Å²) in [4.78, 5) is 15.6. The van der Waals surface area contributed by atoms with Gasteiger partial charge in [-0.25, -0.2) is 9.78 Å². The second-order valence-corrected chi connectivity index (χ2v) is 4.15. The van der Waals surface area contributed by atoms with Crippen LogP contribution in [0.1, 0.15) is 10.5 Å². The minimum atomic E-state index is -0.641. The van der Waals surface area contributed by atoms with Gasteiger partial charge in [0.1, 0.15) is 5.75 Å². The van der Waals surface area contributed by atoms with E-state index in [9.17, 15) is 9.90 Å². The number of aromatic nitrogens is 1. The highest BCUT2D eigenvalue weighted by molar-refractivity contribution is 9.10. The first kappa shape index (κ1) is 11.7. The Bertz CT molecular complexity index is 613. The van der Waals surface area contributed by atoms with E-state index in [0.717, 1.165) is 0 Å². The van der Waals surface area contributed by atoms with E-state index < -0.39 is 5.97 Å². The number of nitrogens with zero attached hydrogens (tertiary/aromatic N) is 1. The summed E-state index contributed by atoms with van der Waals surface area (Å²) in [5.74, 6) is -0.722. The molecule has 0 aliphatic carbocycles. The maximum Gasteiger partial charge on any atom is 0.358 e. The first-order valence-corrected chi connectivity index (χ1v) is 5.50. The zero-order valence-electron chi connectivity index (χ0n) is 8.90. The molecule has 2 rings (SSSR count). The minimum Gasteiger partial charge on any atom is -0.506 e. The number of carbonyl (C=O) groups is 1. The number of ether oxygens (including phenoxy) is 1. The van der Waals surface area contributed by atoms with Crippen LogP contribution in [0.25, 0.3) is 10.9 Å². The van der Waals surface area contributed by atoms with Crippen molar-refractivity contribution >= 4 is 38.5 Å². The number of benzene rings is 1. The smallest absolute Gasteiger partial charge is 0.358 e. The fraction of sp³-hybridized carbons (Fsp3) is 0.0909. The number of hydrogen-bond acceptors (Lipinski definition) is 5. The van der Waals surface area contributed by atoms with Crippen LogP contribution in [0.4, 0.5) is 5.69 Å². The van der Waals surface area contributed by atoms with Gasteiger partial charge in [0.05, 0.1) is 22.8 Å². The SMILES string of the molecule is COC(=O)c1nc2c(N)cccc2c(O)c1Br. The fourth-order valence-corrected chi connectivity index (χ4v) is 1.96. The van der Waals surface area contributed by atoms with Gasteiger partial charge < -0.3 is 15.6 Å². The average Bonchev–Trinajstić information content (AvgIpc) is 2.33. The molecule has 0 atom stereocenters. The molecule has 0 spiro atoms. The molecule has 0 radical (unpaired) electrons. The second kappa shape index (κ2) is 4.21. The summed E-state index contributed by atoms with van der Waals surface area (Å²) in [6, 6.07) is 5.01. The molecule has 0 fully saturated rings. The second-order valence-electron chi connectivity index (χ2n) is 3.36. The number of esters is 1. The highest BCUT2D eigenvalue weighted by Crippen LogP contribution is 2.35. The van der Waals surface area contributed by atoms with Gasteiger partial charge in [-0.05, 0) is 28.1 Å². The normalized spacial score (nSPS) is 10.5. The Morgan fingerprint density at radius 3 is 2.88 bits per heavy atom. The summed E-state index contributed by atoms with van der Waals surface area (Å²) < 4.78 is 4.77. The Labute approximate surface area is 105 Å². The Kier molecular flexibility index (Phi) is 2.89. The van der Waals surface area contributed by atoms with Gasteiger partial charge in [0.25, 0.3) is 0 Å². The van der Waals surface area contributed by atoms with Crippen molar-refractivity contribution in [3.05, 3.63) is 28.4 Å². The zero-order valence-corrected chi connectivity index (χ0v) is 10.5. The molecule has 3 N–H and O–H groups in total. The van der Waals surface area contributed by atoms with E-state index in [1.165, 1.54) is 7.11 Å². The summed E-state index contributed by atoms with van der Waals surface area (Å²) in [6.45, 7) is 0. The summed E-state index contributed by atoms with van der Waals surface area (Å²) in [7, 11) is 1.24. The number of rotatable bonds is 1. The summed E-state index contributed by atoms with van der Waals surface area (Å²) in [6.07, 6.45) is 0. The number of methoxy groups -OCH3 is 1. The molecule has 88 valence electrons. The first-order chi connectivity index (χ1) is 8.06. The first-order valence-electron chi connectivity index (χ1n) is 4.71. The van der Waals surface area contributed by atoms with Gasteiger partial charge in [-0.3, -0.25) is 0 Å². The number of nitrogens with two attached hydrogens (primary N) is 1. The number of aromatic hydroxyl groups is 1. The Hall–Kier alpha value is -1.82. The van der Waals surface area contributed by atoms with Crippen LogP contribution >= 0.6 is 15.9 Å². The molecule has 0 amide bonds. The lowest BCUT2D eigenvalue weighted by atomic mass is 10.1. The van der Waals surface area contributed by atoms with E-state index in [2.05, 4.69) is 25.7 Å². The van der Waals surface area contributed by atoms with Crippen LogP contribution in [0.15, 0.2) is 22.7 Å². The van der Waals surface area contributed by atoms with Crippen molar-refractivity contribution in [2.24, 2.45) is 0 Å². The maximum absolute atomic E-state index is 11.5. The van der Waals surface area contributed by atoms with Crippen molar-refractivity contribution in [3.63, 3.8) is 0 Å². The fourth-order valence-electron chi connectivity index (χ4n) is 1.50. The summed E-state index contributed by atoms with van der Waals surface area (Å²) in [5, 5.41) is 10.4. The molecule has 2 aromatic rings. The van der Waals surface area contributed by atoms with Gasteiger partial charge in [-0.15, -0.1) is 0 Å². The van der Waals surface area contributed by atoms with Crippen molar-refractivity contribution in [1.29, 1.82) is 0 Å². The number of anilines is 1. The van der Waals surface area contributed by atoms with E-state index in [-0.39, 0.29) is 15.9 Å². The zero-order chi connectivity index (χ0) is 12.6. The molecule has 0 saturated heterocycles. The lowest BCUT2D eigenvalue weighted by Gasteiger charge is -2.08. The molecule has 1 aromatic carbocycles.